The number of ether oxygens (including phenoxy) is 1. The zero-order chi connectivity index (χ0) is 14.3. The third kappa shape index (κ3) is 2.39. The Morgan fingerprint density at radius 1 is 1.40 bits per heavy atom. The van der Waals surface area contributed by atoms with Crippen molar-refractivity contribution in [3.05, 3.63) is 40.3 Å². The maximum atomic E-state index is 12.0. The van der Waals surface area contributed by atoms with Crippen molar-refractivity contribution in [1.29, 1.82) is 0 Å². The molecule has 20 heavy (non-hydrogen) atoms. The number of aromatic nitrogens is 2. The largest absolute Gasteiger partial charge is 0.460 e. The maximum absolute atomic E-state index is 12.0. The van der Waals surface area contributed by atoms with Crippen LogP contribution in [-0.4, -0.2) is 27.1 Å². The summed E-state index contributed by atoms with van der Waals surface area (Å²) in [7, 11) is 0. The summed E-state index contributed by atoms with van der Waals surface area (Å²) in [5.41, 5.74) is -0.268. The molecule has 1 atom stereocenters. The fraction of sp³-hybridized carbons (Fsp3) is 0.308. The fourth-order valence-electron chi connectivity index (χ4n) is 1.97. The van der Waals surface area contributed by atoms with Crippen LogP contribution >= 0.6 is 23.2 Å². The number of alkyl halides is 2. The lowest BCUT2D eigenvalue weighted by Gasteiger charge is -2.06. The van der Waals surface area contributed by atoms with Crippen LogP contribution in [0.25, 0.3) is 10.8 Å². The van der Waals surface area contributed by atoms with E-state index in [0.717, 1.165) is 0 Å². The number of carbonyl (C=O) groups excluding carboxylic acids is 1. The Labute approximate surface area is 123 Å². The van der Waals surface area contributed by atoms with Gasteiger partial charge in [-0.15, -0.1) is 23.2 Å². The Kier molecular flexibility index (Phi) is 3.18. The number of aromatic amines is 1. The summed E-state index contributed by atoms with van der Waals surface area (Å²) in [5, 5.41) is 6.90. The quantitative estimate of drug-likeness (QED) is 0.697. The van der Waals surface area contributed by atoms with Gasteiger partial charge in [0.05, 0.1) is 12.0 Å². The number of nitrogens with zero attached hydrogens (tertiary/aromatic N) is 1. The first-order chi connectivity index (χ1) is 9.49. The monoisotopic (exact) mass is 312 g/mol. The molecule has 0 aliphatic heterocycles. The first kappa shape index (κ1) is 13.4. The van der Waals surface area contributed by atoms with Gasteiger partial charge in [0.25, 0.3) is 5.56 Å². The average molecular weight is 313 g/mol. The van der Waals surface area contributed by atoms with Crippen molar-refractivity contribution >= 4 is 39.9 Å². The highest BCUT2D eigenvalue weighted by Crippen LogP contribution is 2.53. The van der Waals surface area contributed by atoms with Crippen molar-refractivity contribution in [3.63, 3.8) is 0 Å². The first-order valence-electron chi connectivity index (χ1n) is 6.01. The number of hydrogen-bond donors (Lipinski definition) is 1. The van der Waals surface area contributed by atoms with Crippen LogP contribution in [0.3, 0.4) is 0 Å². The molecule has 0 saturated heterocycles. The summed E-state index contributed by atoms with van der Waals surface area (Å²) in [6, 6.07) is 6.71. The minimum Gasteiger partial charge on any atom is -0.460 e. The summed E-state index contributed by atoms with van der Waals surface area (Å²) in [4.78, 5) is 23.6. The van der Waals surface area contributed by atoms with E-state index < -0.39 is 10.3 Å². The Morgan fingerprint density at radius 2 is 2.05 bits per heavy atom. The molecular weight excluding hydrogens is 303 g/mol. The molecular formula is C13H10Cl2N2O3. The van der Waals surface area contributed by atoms with Gasteiger partial charge < -0.3 is 4.74 Å². The van der Waals surface area contributed by atoms with E-state index in [1.54, 1.807) is 24.3 Å². The molecule has 1 aromatic carbocycles. The number of hydrogen-bond acceptors (Lipinski definition) is 4. The smallest absolute Gasteiger partial charge is 0.359 e. The first-order valence-corrected chi connectivity index (χ1v) is 6.77. The zero-order valence-electron chi connectivity index (χ0n) is 10.2. The normalized spacial score (nSPS) is 19.8. The van der Waals surface area contributed by atoms with E-state index in [4.69, 9.17) is 27.9 Å². The van der Waals surface area contributed by atoms with Crippen molar-refractivity contribution in [3.8, 4) is 0 Å². The molecule has 0 amide bonds. The second kappa shape index (κ2) is 4.75. The topological polar surface area (TPSA) is 72.0 Å². The van der Waals surface area contributed by atoms with Crippen LogP contribution in [0, 0.1) is 5.92 Å². The van der Waals surface area contributed by atoms with Gasteiger partial charge in [-0.1, -0.05) is 18.2 Å². The number of benzene rings is 1. The summed E-state index contributed by atoms with van der Waals surface area (Å²) >= 11 is 11.7. The zero-order valence-corrected chi connectivity index (χ0v) is 11.7. The van der Waals surface area contributed by atoms with Crippen LogP contribution in [0.4, 0.5) is 0 Å². The van der Waals surface area contributed by atoms with Crippen LogP contribution in [-0.2, 0) is 4.74 Å². The van der Waals surface area contributed by atoms with Crippen molar-refractivity contribution in [2.45, 2.75) is 10.8 Å². The van der Waals surface area contributed by atoms with Gasteiger partial charge in [0.15, 0.2) is 5.69 Å². The Morgan fingerprint density at radius 3 is 2.70 bits per heavy atom. The Hall–Kier alpha value is -1.59. The van der Waals surface area contributed by atoms with Crippen LogP contribution in [0.5, 0.6) is 0 Å². The lowest BCUT2D eigenvalue weighted by atomic mass is 10.1. The van der Waals surface area contributed by atoms with Crippen LogP contribution in [0.15, 0.2) is 29.1 Å². The third-order valence-electron chi connectivity index (χ3n) is 3.26. The molecule has 1 aliphatic carbocycles. The lowest BCUT2D eigenvalue weighted by Crippen LogP contribution is -2.17. The SMILES string of the molecule is O=C(OCC1CC1(Cl)Cl)c1n[nH]c(=O)c2ccccc12. The predicted octanol–water partition coefficient (Wildman–Crippen LogP) is 2.27. The van der Waals surface area contributed by atoms with E-state index in [2.05, 4.69) is 10.2 Å². The summed E-state index contributed by atoms with van der Waals surface area (Å²) in [6.45, 7) is 0.140. The molecule has 7 heteroatoms. The van der Waals surface area contributed by atoms with E-state index in [1.807, 2.05) is 0 Å². The number of H-pyrrole nitrogens is 1. The van der Waals surface area contributed by atoms with Gasteiger partial charge in [-0.25, -0.2) is 9.89 Å². The summed E-state index contributed by atoms with van der Waals surface area (Å²) in [5.74, 6) is -0.655. The number of halogens is 2. The van der Waals surface area contributed by atoms with Crippen LogP contribution in [0.2, 0.25) is 0 Å². The molecule has 2 aromatic rings. The van der Waals surface area contributed by atoms with Gasteiger partial charge in [-0.3, -0.25) is 4.79 Å². The van der Waals surface area contributed by atoms with E-state index >= 15 is 0 Å². The second-order valence-electron chi connectivity index (χ2n) is 4.71. The fourth-order valence-corrected chi connectivity index (χ4v) is 2.46. The number of carbonyl (C=O) groups is 1. The molecule has 104 valence electrons. The highest BCUT2D eigenvalue weighted by atomic mass is 35.5. The third-order valence-corrected chi connectivity index (χ3v) is 4.19. The predicted molar refractivity (Wildman–Crippen MR) is 75.2 cm³/mol. The molecule has 0 bridgehead atoms. The van der Waals surface area contributed by atoms with Crippen molar-refractivity contribution in [1.82, 2.24) is 10.2 Å². The molecule has 1 saturated carbocycles. The Balaban J connectivity index is 1.85. The molecule has 5 nitrogen and oxygen atoms in total. The van der Waals surface area contributed by atoms with Gasteiger partial charge in [0.1, 0.15) is 4.33 Å². The molecule has 1 fully saturated rings. The average Bonchev–Trinajstić information content (AvgIpc) is 3.04. The highest BCUT2D eigenvalue weighted by Gasteiger charge is 2.52. The Bertz CT molecular complexity index is 742. The molecule has 1 aliphatic rings. The van der Waals surface area contributed by atoms with Crippen molar-refractivity contribution < 1.29 is 9.53 Å². The second-order valence-corrected chi connectivity index (χ2v) is 6.25. The molecule has 1 N–H and O–H groups in total. The number of esters is 1. The van der Waals surface area contributed by atoms with Crippen LogP contribution < -0.4 is 5.56 Å². The lowest BCUT2D eigenvalue weighted by molar-refractivity contribution is 0.0479. The van der Waals surface area contributed by atoms with E-state index in [9.17, 15) is 9.59 Å². The van der Waals surface area contributed by atoms with Crippen molar-refractivity contribution in [2.24, 2.45) is 5.92 Å². The minimum atomic E-state index is -0.791. The van der Waals surface area contributed by atoms with E-state index in [1.165, 1.54) is 0 Å². The summed E-state index contributed by atoms with van der Waals surface area (Å²) in [6.07, 6.45) is 0.600. The molecule has 0 radical (unpaired) electrons. The van der Waals surface area contributed by atoms with E-state index in [0.29, 0.717) is 17.2 Å². The number of nitrogens with one attached hydrogen (secondary N) is 1. The standard InChI is InChI=1S/C13H10Cl2N2O3/c14-13(15)5-7(13)6-20-12(19)10-8-3-1-2-4-9(8)11(18)17-16-10/h1-4,7H,5-6H2,(H,17,18). The van der Waals surface area contributed by atoms with Gasteiger partial charge in [0.2, 0.25) is 0 Å². The number of fused-ring (bicyclic) bond motifs is 1. The molecule has 1 unspecified atom stereocenters. The van der Waals surface area contributed by atoms with Gasteiger partial charge >= 0.3 is 5.97 Å². The van der Waals surface area contributed by atoms with Gasteiger partial charge in [-0.05, 0) is 12.5 Å². The molecule has 1 aromatic heterocycles. The molecule has 0 spiro atoms. The van der Waals surface area contributed by atoms with Crippen LogP contribution in [0.1, 0.15) is 16.9 Å². The van der Waals surface area contributed by atoms with Gasteiger partial charge in [0, 0.05) is 11.3 Å². The molecule has 1 heterocycles. The highest BCUT2D eigenvalue weighted by molar-refractivity contribution is 6.50. The van der Waals surface area contributed by atoms with Crippen molar-refractivity contribution in [2.75, 3.05) is 6.61 Å². The number of rotatable bonds is 3. The molecule has 3 rings (SSSR count). The summed E-state index contributed by atoms with van der Waals surface area (Å²) < 4.78 is 4.35. The van der Waals surface area contributed by atoms with E-state index in [-0.39, 0.29) is 23.8 Å². The maximum Gasteiger partial charge on any atom is 0.359 e. The minimum absolute atomic E-state index is 0.0520. The van der Waals surface area contributed by atoms with Gasteiger partial charge in [-0.2, -0.15) is 5.10 Å².